The molecule has 1 fully saturated rings. The van der Waals surface area contributed by atoms with E-state index in [0.717, 1.165) is 6.07 Å². The lowest BCUT2D eigenvalue weighted by Gasteiger charge is -2.36. The maximum atomic E-state index is 14.8. The van der Waals surface area contributed by atoms with Crippen LogP contribution in [0.15, 0.2) is 35.6 Å². The van der Waals surface area contributed by atoms with Crippen LogP contribution in [0.4, 0.5) is 23.2 Å². The van der Waals surface area contributed by atoms with E-state index >= 15 is 0 Å². The van der Waals surface area contributed by atoms with Gasteiger partial charge in [0.25, 0.3) is 11.9 Å². The van der Waals surface area contributed by atoms with Crippen LogP contribution in [0.1, 0.15) is 16.1 Å². The number of hydrogen-bond donors (Lipinski definition) is 2. The molecule has 3 heterocycles. The van der Waals surface area contributed by atoms with Crippen LogP contribution in [-0.4, -0.2) is 54.5 Å². The summed E-state index contributed by atoms with van der Waals surface area (Å²) in [5, 5.41) is 2.51. The first-order valence-electron chi connectivity index (χ1n) is 9.28. The highest BCUT2D eigenvalue weighted by Crippen LogP contribution is 2.50. The Kier molecular flexibility index (Phi) is 5.36. The van der Waals surface area contributed by atoms with Gasteiger partial charge in [0.15, 0.2) is 6.10 Å². The third-order valence-corrected chi connectivity index (χ3v) is 5.27. The van der Waals surface area contributed by atoms with Gasteiger partial charge in [-0.1, -0.05) is 0 Å². The third kappa shape index (κ3) is 3.79. The highest BCUT2D eigenvalue weighted by Gasteiger charge is 2.62. The minimum Gasteiger partial charge on any atom is -0.480 e. The minimum atomic E-state index is -4.72. The second-order valence-corrected chi connectivity index (χ2v) is 7.16. The summed E-state index contributed by atoms with van der Waals surface area (Å²) in [6.07, 6.45) is -4.52. The van der Waals surface area contributed by atoms with E-state index in [9.17, 15) is 22.4 Å². The lowest BCUT2D eigenvalue weighted by Crippen LogP contribution is -2.48. The van der Waals surface area contributed by atoms with Crippen LogP contribution in [0.25, 0.3) is 0 Å². The summed E-state index contributed by atoms with van der Waals surface area (Å²) in [6.45, 7) is -1.03. The van der Waals surface area contributed by atoms with Crippen molar-refractivity contribution in [3.63, 3.8) is 0 Å². The smallest absolute Gasteiger partial charge is 0.415 e. The van der Waals surface area contributed by atoms with Crippen molar-refractivity contribution < 1.29 is 36.6 Å². The topological polar surface area (TPSA) is 121 Å². The number of anilines is 1. The first-order chi connectivity index (χ1) is 15.1. The number of ether oxygens (including phenoxy) is 3. The van der Waals surface area contributed by atoms with Gasteiger partial charge in [0.2, 0.25) is 5.88 Å². The second kappa shape index (κ2) is 7.89. The Labute approximate surface area is 178 Å². The zero-order valence-corrected chi connectivity index (χ0v) is 16.5. The van der Waals surface area contributed by atoms with E-state index in [-0.39, 0.29) is 28.8 Å². The Morgan fingerprint density at radius 1 is 1.31 bits per heavy atom. The number of nitrogens with one attached hydrogen (secondary N) is 1. The van der Waals surface area contributed by atoms with E-state index in [1.54, 1.807) is 0 Å². The van der Waals surface area contributed by atoms with Gasteiger partial charge in [0.1, 0.15) is 17.1 Å². The number of nitrogens with zero attached hydrogens (tertiary/aromatic N) is 3. The number of nitrogens with two attached hydrogens (primary N) is 1. The summed E-state index contributed by atoms with van der Waals surface area (Å²) >= 11 is 0. The molecule has 0 radical (unpaired) electrons. The Bertz CT molecular complexity index is 1060. The quantitative estimate of drug-likeness (QED) is 0.677. The fourth-order valence-corrected chi connectivity index (χ4v) is 3.76. The van der Waals surface area contributed by atoms with Crippen LogP contribution in [0, 0.1) is 11.7 Å². The number of alkyl halides is 3. The molecule has 1 saturated heterocycles. The van der Waals surface area contributed by atoms with Gasteiger partial charge in [0.05, 0.1) is 38.6 Å². The first-order valence-corrected chi connectivity index (χ1v) is 9.28. The molecule has 32 heavy (non-hydrogen) atoms. The number of aromatic nitrogens is 2. The van der Waals surface area contributed by atoms with Crippen LogP contribution in [0.3, 0.4) is 0 Å². The molecular formula is C19H17F4N5O4. The maximum Gasteiger partial charge on any atom is 0.415 e. The average Bonchev–Trinajstić information content (AvgIpc) is 3.15. The van der Waals surface area contributed by atoms with Gasteiger partial charge in [-0.05, 0) is 18.2 Å². The number of rotatable bonds is 4. The van der Waals surface area contributed by atoms with Crippen molar-refractivity contribution in [1.29, 1.82) is 0 Å². The molecule has 4 rings (SSSR count). The molecule has 0 saturated carbocycles. The van der Waals surface area contributed by atoms with Crippen molar-refractivity contribution in [2.24, 2.45) is 16.6 Å². The maximum absolute atomic E-state index is 14.8. The van der Waals surface area contributed by atoms with Crippen LogP contribution in [0.5, 0.6) is 5.88 Å². The molecule has 3 N–H and O–H groups in total. The molecule has 0 bridgehead atoms. The van der Waals surface area contributed by atoms with Crippen molar-refractivity contribution in [2.75, 3.05) is 25.6 Å². The average molecular weight is 455 g/mol. The molecule has 13 heteroatoms. The van der Waals surface area contributed by atoms with Crippen LogP contribution in [-0.2, 0) is 15.0 Å². The minimum absolute atomic E-state index is 0.0534. The first kappa shape index (κ1) is 21.7. The van der Waals surface area contributed by atoms with Crippen LogP contribution >= 0.6 is 0 Å². The molecule has 170 valence electrons. The third-order valence-electron chi connectivity index (χ3n) is 5.27. The molecule has 2 aromatic rings. The van der Waals surface area contributed by atoms with Crippen molar-refractivity contribution in [2.45, 2.75) is 17.8 Å². The molecule has 1 aromatic heterocycles. The number of methoxy groups -OCH3 is 1. The van der Waals surface area contributed by atoms with E-state index in [4.69, 9.17) is 19.9 Å². The number of aliphatic imine (C=N–C) groups is 1. The largest absolute Gasteiger partial charge is 0.480 e. The number of halogens is 4. The number of amides is 1. The van der Waals surface area contributed by atoms with Gasteiger partial charge in [0, 0.05) is 11.3 Å². The van der Waals surface area contributed by atoms with Crippen LogP contribution < -0.4 is 15.8 Å². The summed E-state index contributed by atoms with van der Waals surface area (Å²) in [7, 11) is 1.39. The van der Waals surface area contributed by atoms with E-state index < -0.39 is 48.7 Å². The molecule has 3 atom stereocenters. The Morgan fingerprint density at radius 2 is 2.09 bits per heavy atom. The van der Waals surface area contributed by atoms with Gasteiger partial charge in [-0.25, -0.2) is 19.4 Å². The molecule has 2 aliphatic rings. The summed E-state index contributed by atoms with van der Waals surface area (Å²) in [5.74, 6) is -2.67. The van der Waals surface area contributed by atoms with Gasteiger partial charge < -0.3 is 25.3 Å². The van der Waals surface area contributed by atoms with Crippen molar-refractivity contribution in [1.82, 2.24) is 9.97 Å². The summed E-state index contributed by atoms with van der Waals surface area (Å²) in [6, 6.07) is 3.08. The second-order valence-electron chi connectivity index (χ2n) is 7.16. The predicted molar refractivity (Wildman–Crippen MR) is 101 cm³/mol. The Balaban J connectivity index is 1.68. The molecule has 1 amide bonds. The molecule has 2 aliphatic heterocycles. The van der Waals surface area contributed by atoms with E-state index in [2.05, 4.69) is 20.3 Å². The molecule has 1 aromatic carbocycles. The monoisotopic (exact) mass is 455 g/mol. The molecule has 0 aliphatic carbocycles. The standard InChI is InChI=1S/C19H17F4N5O4/c1-30-14-6-25-13(5-26-14)16(29)27-9-2-3-12(20)10(4-9)18-8-32-15(19(21,22)23)11(18)7-31-17(24)28-18/h2-6,11,15H,7-8H2,1H3,(H2,24,28)(H,27,29)/t11?,15-,18?/m0/s1. The summed E-state index contributed by atoms with van der Waals surface area (Å²) in [5.41, 5.74) is 3.68. The lowest BCUT2D eigenvalue weighted by atomic mass is 9.77. The van der Waals surface area contributed by atoms with E-state index in [0.29, 0.717) is 0 Å². The van der Waals surface area contributed by atoms with Crippen LogP contribution in [0.2, 0.25) is 0 Å². The van der Waals surface area contributed by atoms with E-state index in [1.165, 1.54) is 31.6 Å². The summed E-state index contributed by atoms with van der Waals surface area (Å²) in [4.78, 5) is 24.3. The molecular weight excluding hydrogens is 438 g/mol. The van der Waals surface area contributed by atoms with Gasteiger partial charge in [-0.2, -0.15) is 13.2 Å². The predicted octanol–water partition coefficient (Wildman–Crippen LogP) is 1.99. The number of benzene rings is 1. The fourth-order valence-electron chi connectivity index (χ4n) is 3.76. The number of fused-ring (bicyclic) bond motifs is 1. The lowest BCUT2D eigenvalue weighted by molar-refractivity contribution is -0.219. The fraction of sp³-hybridized carbons (Fsp3) is 0.368. The van der Waals surface area contributed by atoms with Gasteiger partial charge >= 0.3 is 6.18 Å². The molecule has 2 unspecified atom stereocenters. The molecule has 9 nitrogen and oxygen atoms in total. The van der Waals surface area contributed by atoms with Gasteiger partial charge in [-0.3, -0.25) is 4.79 Å². The Morgan fingerprint density at radius 3 is 2.75 bits per heavy atom. The number of hydrogen-bond acceptors (Lipinski definition) is 8. The normalized spacial score (nSPS) is 24.8. The van der Waals surface area contributed by atoms with Crippen molar-refractivity contribution >= 4 is 17.6 Å². The highest BCUT2D eigenvalue weighted by atomic mass is 19.4. The zero-order chi connectivity index (χ0) is 23.1. The van der Waals surface area contributed by atoms with Crippen molar-refractivity contribution in [3.05, 3.63) is 47.7 Å². The summed E-state index contributed by atoms with van der Waals surface area (Å²) < 4.78 is 70.1. The number of carbonyl (C=O) groups is 1. The zero-order valence-electron chi connectivity index (χ0n) is 16.5. The number of carbonyl (C=O) groups excluding carboxylic acids is 1. The number of amidine groups is 1. The highest BCUT2D eigenvalue weighted by molar-refractivity contribution is 6.02. The SMILES string of the molecule is COc1cnc(C(=O)Nc2ccc(F)c(C34CO[C@H](C(F)(F)F)C3COC(N)=N4)c2)cn1. The van der Waals surface area contributed by atoms with Gasteiger partial charge in [-0.15, -0.1) is 0 Å². The van der Waals surface area contributed by atoms with Crippen molar-refractivity contribution in [3.8, 4) is 5.88 Å². The molecule has 0 spiro atoms. The van der Waals surface area contributed by atoms with E-state index in [1.807, 2.05) is 0 Å². The Hall–Kier alpha value is -3.48.